The van der Waals surface area contributed by atoms with E-state index in [2.05, 4.69) is 34.2 Å². The second-order valence-corrected chi connectivity index (χ2v) is 10.1. The molecule has 0 aliphatic heterocycles. The van der Waals surface area contributed by atoms with Crippen molar-refractivity contribution in [1.82, 2.24) is 10.3 Å². The number of amides is 1. The van der Waals surface area contributed by atoms with Gasteiger partial charge in [0.2, 0.25) is 5.91 Å². The van der Waals surface area contributed by atoms with Crippen molar-refractivity contribution in [3.05, 3.63) is 77.3 Å². The average molecular weight is 487 g/mol. The van der Waals surface area contributed by atoms with Crippen molar-refractivity contribution in [2.45, 2.75) is 24.7 Å². The van der Waals surface area contributed by atoms with E-state index in [1.807, 2.05) is 24.3 Å². The fourth-order valence-electron chi connectivity index (χ4n) is 2.64. The highest BCUT2D eigenvalue weighted by Crippen LogP contribution is 2.19. The van der Waals surface area contributed by atoms with Gasteiger partial charge in [0.25, 0.3) is 10.0 Å². The number of carbonyl (C=O) groups excluding carboxylic acids is 1. The van der Waals surface area contributed by atoms with Gasteiger partial charge in [-0.3, -0.25) is 14.8 Å². The third-order valence-corrected chi connectivity index (χ3v) is 6.72. The molecule has 0 saturated heterocycles. The fraction of sp³-hybridized carbons (Fsp3) is 0.136. The van der Waals surface area contributed by atoms with Gasteiger partial charge >= 0.3 is 0 Å². The van der Waals surface area contributed by atoms with Crippen LogP contribution in [0.1, 0.15) is 30.9 Å². The molecule has 3 aromatic rings. The number of sulfonamides is 1. The van der Waals surface area contributed by atoms with Crippen LogP contribution in [0.5, 0.6) is 0 Å². The number of rotatable bonds is 7. The molecule has 2 aromatic carbocycles. The van der Waals surface area contributed by atoms with E-state index in [4.69, 9.17) is 12.2 Å². The number of aromatic nitrogens is 1. The van der Waals surface area contributed by atoms with E-state index in [0.717, 1.165) is 5.56 Å². The Hall–Kier alpha value is -3.08. The first kappa shape index (κ1) is 23.6. The Kier molecular flexibility index (Phi) is 7.73. The van der Waals surface area contributed by atoms with Crippen molar-refractivity contribution in [2.75, 3.05) is 10.0 Å². The Morgan fingerprint density at radius 3 is 2.38 bits per heavy atom. The van der Waals surface area contributed by atoms with Gasteiger partial charge in [0.05, 0.1) is 4.90 Å². The van der Waals surface area contributed by atoms with Crippen molar-refractivity contribution in [3.63, 3.8) is 0 Å². The second-order valence-electron chi connectivity index (χ2n) is 7.07. The van der Waals surface area contributed by atoms with E-state index in [1.165, 1.54) is 41.3 Å². The van der Waals surface area contributed by atoms with Gasteiger partial charge in [-0.05, 0) is 59.6 Å². The predicted molar refractivity (Wildman–Crippen MR) is 133 cm³/mol. The topological polar surface area (TPSA) is 100 Å². The number of anilines is 2. The average Bonchev–Trinajstić information content (AvgIpc) is 3.25. The van der Waals surface area contributed by atoms with Crippen LogP contribution < -0.4 is 15.4 Å². The van der Waals surface area contributed by atoms with Crippen LogP contribution in [0.3, 0.4) is 0 Å². The molecule has 3 N–H and O–H groups in total. The molecule has 0 aliphatic rings. The molecule has 0 radical (unpaired) electrons. The largest absolute Gasteiger partial charge is 0.332 e. The Morgan fingerprint density at radius 1 is 1.09 bits per heavy atom. The zero-order valence-corrected chi connectivity index (χ0v) is 19.9. The Balaban J connectivity index is 1.53. The first-order chi connectivity index (χ1) is 15.2. The maximum atomic E-state index is 12.4. The maximum absolute atomic E-state index is 12.4. The zero-order chi connectivity index (χ0) is 23.1. The van der Waals surface area contributed by atoms with Crippen molar-refractivity contribution >= 4 is 61.5 Å². The molecule has 32 heavy (non-hydrogen) atoms. The number of nitrogens with zero attached hydrogens (tertiary/aromatic N) is 1. The Morgan fingerprint density at radius 2 is 1.78 bits per heavy atom. The lowest BCUT2D eigenvalue weighted by Crippen LogP contribution is -2.32. The molecule has 0 saturated carbocycles. The zero-order valence-electron chi connectivity index (χ0n) is 17.4. The molecule has 1 amide bonds. The van der Waals surface area contributed by atoms with Gasteiger partial charge < -0.3 is 5.32 Å². The van der Waals surface area contributed by atoms with Gasteiger partial charge in [0.15, 0.2) is 10.2 Å². The van der Waals surface area contributed by atoms with Crippen molar-refractivity contribution in [1.29, 1.82) is 0 Å². The monoisotopic (exact) mass is 486 g/mol. The molecule has 0 atom stereocenters. The van der Waals surface area contributed by atoms with Crippen LogP contribution in [0, 0.1) is 0 Å². The SMILES string of the molecule is CC(C)c1ccc(C=CC(=O)NC(=S)Nc2ccc(S(=O)(=O)Nc3nccs3)cc2)cc1. The lowest BCUT2D eigenvalue weighted by atomic mass is 10.0. The highest BCUT2D eigenvalue weighted by molar-refractivity contribution is 7.93. The van der Waals surface area contributed by atoms with E-state index in [1.54, 1.807) is 23.6 Å². The molecule has 0 fully saturated rings. The number of hydrogen-bond donors (Lipinski definition) is 3. The van der Waals surface area contributed by atoms with Crippen LogP contribution in [-0.4, -0.2) is 24.4 Å². The van der Waals surface area contributed by atoms with Crippen molar-refractivity contribution in [2.24, 2.45) is 0 Å². The predicted octanol–water partition coefficient (Wildman–Crippen LogP) is 4.59. The summed E-state index contributed by atoms with van der Waals surface area (Å²) in [4.78, 5) is 16.1. The lowest BCUT2D eigenvalue weighted by Gasteiger charge is -2.10. The first-order valence-electron chi connectivity index (χ1n) is 9.65. The maximum Gasteiger partial charge on any atom is 0.263 e. The summed E-state index contributed by atoms with van der Waals surface area (Å²) in [5, 5.41) is 7.49. The number of thiazole rings is 1. The summed E-state index contributed by atoms with van der Waals surface area (Å²) in [7, 11) is -3.73. The highest BCUT2D eigenvalue weighted by atomic mass is 32.2. The number of carbonyl (C=O) groups is 1. The summed E-state index contributed by atoms with van der Waals surface area (Å²) in [6.45, 7) is 4.25. The van der Waals surface area contributed by atoms with Crippen LogP contribution >= 0.6 is 23.6 Å². The second kappa shape index (κ2) is 10.5. The standard InChI is InChI=1S/C22H22N4O3S3/c1-15(2)17-6-3-16(4-7-17)5-12-20(27)25-21(30)24-18-8-10-19(11-9-18)32(28,29)26-22-23-13-14-31-22/h3-15H,1-2H3,(H,23,26)(H2,24,25,27,30). The van der Waals surface area contributed by atoms with Crippen molar-refractivity contribution < 1.29 is 13.2 Å². The quantitative estimate of drug-likeness (QED) is 0.334. The fourth-order valence-corrected chi connectivity index (χ4v) is 4.65. The van der Waals surface area contributed by atoms with Gasteiger partial charge in [0, 0.05) is 23.3 Å². The molecule has 1 aromatic heterocycles. The van der Waals surface area contributed by atoms with Crippen LogP contribution in [0.2, 0.25) is 0 Å². The minimum Gasteiger partial charge on any atom is -0.332 e. The molecule has 10 heteroatoms. The summed E-state index contributed by atoms with van der Waals surface area (Å²) in [5.74, 6) is 0.0745. The van der Waals surface area contributed by atoms with E-state index < -0.39 is 10.0 Å². The first-order valence-corrected chi connectivity index (χ1v) is 12.4. The number of nitrogens with one attached hydrogen (secondary N) is 3. The van der Waals surface area contributed by atoms with Crippen molar-refractivity contribution in [3.8, 4) is 0 Å². The Labute approximate surface area is 196 Å². The molecule has 166 valence electrons. The van der Waals surface area contributed by atoms with Gasteiger partial charge in [0.1, 0.15) is 0 Å². The van der Waals surface area contributed by atoms with Crippen LogP contribution in [-0.2, 0) is 14.8 Å². The van der Waals surface area contributed by atoms with E-state index in [9.17, 15) is 13.2 Å². The van der Waals surface area contributed by atoms with E-state index in [-0.39, 0.29) is 15.9 Å². The van der Waals surface area contributed by atoms with Gasteiger partial charge in [-0.1, -0.05) is 38.1 Å². The number of thiocarbonyl (C=S) groups is 1. The number of hydrogen-bond acceptors (Lipinski definition) is 6. The third kappa shape index (κ3) is 6.71. The normalized spacial score (nSPS) is 11.5. The molecule has 1 heterocycles. The van der Waals surface area contributed by atoms with Gasteiger partial charge in [-0.25, -0.2) is 13.4 Å². The van der Waals surface area contributed by atoms with Crippen LogP contribution in [0.15, 0.2) is 71.1 Å². The summed E-state index contributed by atoms with van der Waals surface area (Å²) >= 11 is 6.35. The van der Waals surface area contributed by atoms with Crippen LogP contribution in [0.25, 0.3) is 6.08 Å². The number of benzene rings is 2. The molecule has 7 nitrogen and oxygen atoms in total. The molecule has 0 bridgehead atoms. The van der Waals surface area contributed by atoms with Crippen LogP contribution in [0.4, 0.5) is 10.8 Å². The molecular weight excluding hydrogens is 464 g/mol. The lowest BCUT2D eigenvalue weighted by molar-refractivity contribution is -0.115. The van der Waals surface area contributed by atoms with Gasteiger partial charge in [-0.2, -0.15) is 0 Å². The van der Waals surface area contributed by atoms with E-state index in [0.29, 0.717) is 16.7 Å². The Bertz CT molecular complexity index is 1200. The molecule has 3 rings (SSSR count). The smallest absolute Gasteiger partial charge is 0.263 e. The summed E-state index contributed by atoms with van der Waals surface area (Å²) in [6, 6.07) is 14.0. The summed E-state index contributed by atoms with van der Waals surface area (Å²) in [6.07, 6.45) is 4.62. The minimum atomic E-state index is -3.73. The molecule has 0 unspecified atom stereocenters. The summed E-state index contributed by atoms with van der Waals surface area (Å²) < 4.78 is 27.1. The summed E-state index contributed by atoms with van der Waals surface area (Å²) in [5.41, 5.74) is 2.68. The molecule has 0 aliphatic carbocycles. The van der Waals surface area contributed by atoms with Gasteiger partial charge in [-0.15, -0.1) is 11.3 Å². The molecule has 0 spiro atoms. The van der Waals surface area contributed by atoms with E-state index >= 15 is 0 Å². The highest BCUT2D eigenvalue weighted by Gasteiger charge is 2.15. The third-order valence-electron chi connectivity index (χ3n) is 4.34. The minimum absolute atomic E-state index is 0.0830. The molecular formula is C22H22N4O3S3.